The predicted molar refractivity (Wildman–Crippen MR) is 54.9 cm³/mol. The molecule has 1 rings (SSSR count). The van der Waals surface area contributed by atoms with Gasteiger partial charge in [0.15, 0.2) is 0 Å². The van der Waals surface area contributed by atoms with E-state index in [-0.39, 0.29) is 31.4 Å². The number of hydrogen-bond donors (Lipinski definition) is 3. The summed E-state index contributed by atoms with van der Waals surface area (Å²) in [6, 6.07) is 0. The fourth-order valence-electron chi connectivity index (χ4n) is 1.56. The summed E-state index contributed by atoms with van der Waals surface area (Å²) in [5.41, 5.74) is -1.03. The standard InChI is InChI=1S/C10H17NO5/c1-7-10(15,4-5-16-7)6-11-8(12)2-3-9(13)14/h7,15H,2-6H2,1H3,(H,11,12)(H,13,14). The van der Waals surface area contributed by atoms with Gasteiger partial charge in [0.1, 0.15) is 5.60 Å². The Bertz CT molecular complexity index is 280. The largest absolute Gasteiger partial charge is 0.481 e. The van der Waals surface area contributed by atoms with Crippen molar-refractivity contribution in [3.8, 4) is 0 Å². The number of carboxylic acids is 1. The van der Waals surface area contributed by atoms with E-state index >= 15 is 0 Å². The highest BCUT2D eigenvalue weighted by Gasteiger charge is 2.39. The first-order valence-electron chi connectivity index (χ1n) is 5.26. The number of rotatable bonds is 5. The molecule has 16 heavy (non-hydrogen) atoms. The van der Waals surface area contributed by atoms with Gasteiger partial charge >= 0.3 is 5.97 Å². The van der Waals surface area contributed by atoms with Crippen molar-refractivity contribution in [3.63, 3.8) is 0 Å². The van der Waals surface area contributed by atoms with E-state index < -0.39 is 11.6 Å². The van der Waals surface area contributed by atoms with Gasteiger partial charge in [-0.1, -0.05) is 0 Å². The summed E-state index contributed by atoms with van der Waals surface area (Å²) in [5, 5.41) is 20.9. The van der Waals surface area contributed by atoms with Gasteiger partial charge in [0.2, 0.25) is 5.91 Å². The van der Waals surface area contributed by atoms with Crippen LogP contribution in [0.5, 0.6) is 0 Å². The van der Waals surface area contributed by atoms with Gasteiger partial charge < -0.3 is 20.3 Å². The van der Waals surface area contributed by atoms with Crippen LogP contribution in [-0.2, 0) is 14.3 Å². The normalized spacial score (nSPS) is 29.0. The summed E-state index contributed by atoms with van der Waals surface area (Å²) in [7, 11) is 0. The van der Waals surface area contributed by atoms with Crippen LogP contribution < -0.4 is 5.32 Å². The van der Waals surface area contributed by atoms with Crippen molar-refractivity contribution in [1.82, 2.24) is 5.32 Å². The highest BCUT2D eigenvalue weighted by Crippen LogP contribution is 2.24. The topological polar surface area (TPSA) is 95.9 Å². The van der Waals surface area contributed by atoms with E-state index in [1.54, 1.807) is 6.92 Å². The summed E-state index contributed by atoms with van der Waals surface area (Å²) >= 11 is 0. The van der Waals surface area contributed by atoms with Crippen LogP contribution >= 0.6 is 0 Å². The van der Waals surface area contributed by atoms with Crippen molar-refractivity contribution in [2.75, 3.05) is 13.2 Å². The van der Waals surface area contributed by atoms with E-state index in [0.717, 1.165) is 0 Å². The molecule has 2 unspecified atom stereocenters. The monoisotopic (exact) mass is 231 g/mol. The van der Waals surface area contributed by atoms with E-state index in [4.69, 9.17) is 9.84 Å². The lowest BCUT2D eigenvalue weighted by Crippen LogP contribution is -2.47. The minimum absolute atomic E-state index is 0.0688. The quantitative estimate of drug-likeness (QED) is 0.593. The molecule has 6 nitrogen and oxygen atoms in total. The Hall–Kier alpha value is -1.14. The van der Waals surface area contributed by atoms with E-state index in [0.29, 0.717) is 13.0 Å². The minimum atomic E-state index is -1.03. The maximum atomic E-state index is 11.2. The lowest BCUT2D eigenvalue weighted by atomic mass is 9.97. The molecule has 92 valence electrons. The zero-order chi connectivity index (χ0) is 12.2. The SMILES string of the molecule is CC1OCCC1(O)CNC(=O)CCC(=O)O. The third-order valence-corrected chi connectivity index (χ3v) is 2.82. The van der Waals surface area contributed by atoms with Crippen LogP contribution in [0, 0.1) is 0 Å². The third kappa shape index (κ3) is 3.46. The molecular formula is C10H17NO5. The molecule has 1 heterocycles. The second-order valence-corrected chi connectivity index (χ2v) is 4.04. The van der Waals surface area contributed by atoms with Crippen LogP contribution in [0.2, 0.25) is 0 Å². The molecule has 0 aliphatic carbocycles. The Labute approximate surface area is 93.6 Å². The average molecular weight is 231 g/mol. The van der Waals surface area contributed by atoms with Gasteiger partial charge in [0.25, 0.3) is 0 Å². The first-order chi connectivity index (χ1) is 7.44. The number of ether oxygens (including phenoxy) is 1. The fraction of sp³-hybridized carbons (Fsp3) is 0.800. The Kier molecular flexibility index (Phi) is 4.26. The van der Waals surface area contributed by atoms with Gasteiger partial charge in [-0.15, -0.1) is 0 Å². The molecule has 1 aliphatic heterocycles. The van der Waals surface area contributed by atoms with E-state index in [1.165, 1.54) is 0 Å². The van der Waals surface area contributed by atoms with Crippen LogP contribution in [0.4, 0.5) is 0 Å². The number of carboxylic acid groups (broad SMARTS) is 1. The van der Waals surface area contributed by atoms with E-state index in [2.05, 4.69) is 5.32 Å². The molecule has 2 atom stereocenters. The third-order valence-electron chi connectivity index (χ3n) is 2.82. The number of aliphatic hydroxyl groups is 1. The fourth-order valence-corrected chi connectivity index (χ4v) is 1.56. The van der Waals surface area contributed by atoms with Crippen molar-refractivity contribution < 1.29 is 24.5 Å². The summed E-state index contributed by atoms with van der Waals surface area (Å²) in [6.07, 6.45) is -0.100. The summed E-state index contributed by atoms with van der Waals surface area (Å²) in [4.78, 5) is 21.5. The summed E-state index contributed by atoms with van der Waals surface area (Å²) < 4.78 is 5.20. The molecule has 0 spiro atoms. The first kappa shape index (κ1) is 12.9. The van der Waals surface area contributed by atoms with Crippen molar-refractivity contribution in [2.45, 2.75) is 37.9 Å². The number of carbonyl (C=O) groups excluding carboxylic acids is 1. The van der Waals surface area contributed by atoms with Crippen molar-refractivity contribution >= 4 is 11.9 Å². The number of aliphatic carboxylic acids is 1. The maximum absolute atomic E-state index is 11.2. The molecule has 0 aromatic rings. The van der Waals surface area contributed by atoms with Crippen molar-refractivity contribution in [1.29, 1.82) is 0 Å². The van der Waals surface area contributed by atoms with Gasteiger partial charge in [-0.05, 0) is 6.92 Å². The molecule has 1 saturated heterocycles. The second kappa shape index (κ2) is 5.27. The average Bonchev–Trinajstić information content (AvgIpc) is 2.54. The molecule has 1 amide bonds. The maximum Gasteiger partial charge on any atom is 0.303 e. The first-order valence-corrected chi connectivity index (χ1v) is 5.26. The molecular weight excluding hydrogens is 214 g/mol. The van der Waals surface area contributed by atoms with E-state index in [9.17, 15) is 14.7 Å². The Morgan fingerprint density at radius 1 is 1.50 bits per heavy atom. The highest BCUT2D eigenvalue weighted by atomic mass is 16.5. The Morgan fingerprint density at radius 3 is 2.69 bits per heavy atom. The number of carbonyl (C=O) groups is 2. The molecule has 0 aromatic heterocycles. The summed E-state index contributed by atoms with van der Waals surface area (Å²) in [6.45, 7) is 2.33. The smallest absolute Gasteiger partial charge is 0.303 e. The molecule has 0 bridgehead atoms. The zero-order valence-corrected chi connectivity index (χ0v) is 9.23. The predicted octanol–water partition coefficient (Wildman–Crippen LogP) is -0.493. The van der Waals surface area contributed by atoms with Crippen LogP contribution in [0.3, 0.4) is 0 Å². The number of amides is 1. The van der Waals surface area contributed by atoms with Gasteiger partial charge in [0.05, 0.1) is 12.5 Å². The van der Waals surface area contributed by atoms with Crippen LogP contribution in [-0.4, -0.2) is 46.9 Å². The number of hydrogen-bond acceptors (Lipinski definition) is 4. The minimum Gasteiger partial charge on any atom is -0.481 e. The van der Waals surface area contributed by atoms with Crippen LogP contribution in [0.1, 0.15) is 26.2 Å². The van der Waals surface area contributed by atoms with Crippen LogP contribution in [0.15, 0.2) is 0 Å². The number of nitrogens with one attached hydrogen (secondary N) is 1. The molecule has 1 aliphatic rings. The lowest BCUT2D eigenvalue weighted by Gasteiger charge is -2.26. The molecule has 0 radical (unpaired) electrons. The van der Waals surface area contributed by atoms with Gasteiger partial charge in [-0.3, -0.25) is 9.59 Å². The molecule has 3 N–H and O–H groups in total. The Balaban J connectivity index is 2.28. The van der Waals surface area contributed by atoms with Gasteiger partial charge in [0, 0.05) is 26.0 Å². The van der Waals surface area contributed by atoms with Crippen LogP contribution in [0.25, 0.3) is 0 Å². The van der Waals surface area contributed by atoms with Crippen molar-refractivity contribution in [2.24, 2.45) is 0 Å². The summed E-state index contributed by atoms with van der Waals surface area (Å²) in [5.74, 6) is -1.37. The highest BCUT2D eigenvalue weighted by molar-refractivity contribution is 5.80. The second-order valence-electron chi connectivity index (χ2n) is 4.04. The molecule has 6 heteroatoms. The molecule has 1 fully saturated rings. The zero-order valence-electron chi connectivity index (χ0n) is 9.23. The lowest BCUT2D eigenvalue weighted by molar-refractivity contribution is -0.139. The molecule has 0 saturated carbocycles. The van der Waals surface area contributed by atoms with Crippen molar-refractivity contribution in [3.05, 3.63) is 0 Å². The Morgan fingerprint density at radius 2 is 2.19 bits per heavy atom. The molecule has 0 aromatic carbocycles. The van der Waals surface area contributed by atoms with Gasteiger partial charge in [-0.25, -0.2) is 0 Å². The van der Waals surface area contributed by atoms with Gasteiger partial charge in [-0.2, -0.15) is 0 Å². The van der Waals surface area contributed by atoms with E-state index in [1.807, 2.05) is 0 Å².